The Balaban J connectivity index is 1.26. The van der Waals surface area contributed by atoms with Crippen LogP contribution in [0.25, 0.3) is 0 Å². The van der Waals surface area contributed by atoms with Crippen molar-refractivity contribution in [2.75, 3.05) is 51.4 Å². The molecule has 2 unspecified atom stereocenters. The molecule has 1 saturated carbocycles. The second kappa shape index (κ2) is 11.4. The Hall–Kier alpha value is -1.98. The van der Waals surface area contributed by atoms with Crippen molar-refractivity contribution in [3.8, 4) is 0 Å². The maximum absolute atomic E-state index is 13.6. The average molecular weight is 501 g/mol. The lowest BCUT2D eigenvalue weighted by Crippen LogP contribution is -2.41. The number of hydrogen-bond acceptors (Lipinski definition) is 7. The fourth-order valence-corrected chi connectivity index (χ4v) is 5.33. The Labute approximate surface area is 203 Å². The minimum absolute atomic E-state index is 0.114. The smallest absolute Gasteiger partial charge is 0.378 e. The van der Waals surface area contributed by atoms with Crippen LogP contribution in [0.15, 0.2) is 6.20 Å². The van der Waals surface area contributed by atoms with E-state index in [0.29, 0.717) is 44.8 Å². The van der Waals surface area contributed by atoms with E-state index in [9.17, 15) is 18.0 Å². The second-order valence-corrected chi connectivity index (χ2v) is 9.72. The first kappa shape index (κ1) is 26.1. The number of aromatic nitrogens is 2. The van der Waals surface area contributed by atoms with Crippen molar-refractivity contribution in [2.24, 2.45) is 11.8 Å². The standard InChI is InChI=1S/C24H35F3N4O4/c1-23(34-13-14-35-23)18-7-4-6-17(15-18)5-2-3-8-28-22-29-16-19(20(30-22)24(25,26)27)21(32)31-9-11-33-12-10-31/h16-18H,2-15H2,1H3,(H,28,29,30). The summed E-state index contributed by atoms with van der Waals surface area (Å²) in [5.41, 5.74) is -1.73. The van der Waals surface area contributed by atoms with E-state index in [2.05, 4.69) is 15.3 Å². The summed E-state index contributed by atoms with van der Waals surface area (Å²) in [6, 6.07) is 0. The van der Waals surface area contributed by atoms with Crippen LogP contribution in [-0.2, 0) is 20.4 Å². The summed E-state index contributed by atoms with van der Waals surface area (Å²) in [4.78, 5) is 21.6. The third-order valence-corrected chi connectivity index (χ3v) is 7.29. The Bertz CT molecular complexity index is 858. The molecule has 2 atom stereocenters. The number of anilines is 1. The fourth-order valence-electron chi connectivity index (χ4n) is 5.33. The molecule has 2 saturated heterocycles. The van der Waals surface area contributed by atoms with Gasteiger partial charge in [0, 0.05) is 31.7 Å². The van der Waals surface area contributed by atoms with Gasteiger partial charge < -0.3 is 24.4 Å². The number of alkyl halides is 3. The molecule has 35 heavy (non-hydrogen) atoms. The quantitative estimate of drug-likeness (QED) is 0.538. The molecular formula is C24H35F3N4O4. The van der Waals surface area contributed by atoms with Crippen LogP contribution in [-0.4, -0.2) is 72.6 Å². The first-order valence-electron chi connectivity index (χ1n) is 12.6. The predicted octanol–water partition coefficient (Wildman–Crippen LogP) is 4.12. The SMILES string of the molecule is CC1(C2CCCC(CCCCNc3ncc(C(=O)N4CCOCC4)c(C(F)(F)F)n3)C2)OCCO1. The molecule has 0 radical (unpaired) electrons. The van der Waals surface area contributed by atoms with Gasteiger partial charge in [-0.15, -0.1) is 0 Å². The van der Waals surface area contributed by atoms with Crippen molar-refractivity contribution in [1.29, 1.82) is 0 Å². The van der Waals surface area contributed by atoms with Gasteiger partial charge in [0.05, 0.1) is 32.0 Å². The molecule has 1 amide bonds. The van der Waals surface area contributed by atoms with E-state index >= 15 is 0 Å². The first-order chi connectivity index (χ1) is 16.8. The van der Waals surface area contributed by atoms with Gasteiger partial charge in [0.25, 0.3) is 5.91 Å². The van der Waals surface area contributed by atoms with E-state index < -0.39 is 29.1 Å². The highest BCUT2D eigenvalue weighted by Crippen LogP contribution is 2.41. The minimum Gasteiger partial charge on any atom is -0.378 e. The third-order valence-electron chi connectivity index (χ3n) is 7.29. The molecule has 1 aromatic heterocycles. The summed E-state index contributed by atoms with van der Waals surface area (Å²) in [5, 5.41) is 2.89. The van der Waals surface area contributed by atoms with Crippen LogP contribution in [0.2, 0.25) is 0 Å². The molecular weight excluding hydrogens is 465 g/mol. The summed E-state index contributed by atoms with van der Waals surface area (Å²) < 4.78 is 57.8. The third kappa shape index (κ3) is 6.62. The van der Waals surface area contributed by atoms with Crippen LogP contribution < -0.4 is 5.32 Å². The van der Waals surface area contributed by atoms with E-state index in [1.165, 1.54) is 17.7 Å². The predicted molar refractivity (Wildman–Crippen MR) is 122 cm³/mol. The minimum atomic E-state index is -4.75. The lowest BCUT2D eigenvalue weighted by molar-refractivity contribution is -0.191. The van der Waals surface area contributed by atoms with Gasteiger partial charge in [-0.05, 0) is 32.1 Å². The van der Waals surface area contributed by atoms with Crippen LogP contribution in [0, 0.1) is 11.8 Å². The summed E-state index contributed by atoms with van der Waals surface area (Å²) >= 11 is 0. The van der Waals surface area contributed by atoms with Crippen molar-refractivity contribution in [2.45, 2.75) is 63.8 Å². The number of carbonyl (C=O) groups is 1. The number of nitrogens with one attached hydrogen (secondary N) is 1. The first-order valence-corrected chi connectivity index (χ1v) is 12.6. The molecule has 1 aromatic rings. The zero-order valence-corrected chi connectivity index (χ0v) is 20.2. The molecule has 3 fully saturated rings. The number of nitrogens with zero attached hydrogens (tertiary/aromatic N) is 3. The maximum Gasteiger partial charge on any atom is 0.434 e. The van der Waals surface area contributed by atoms with E-state index in [-0.39, 0.29) is 19.0 Å². The highest BCUT2D eigenvalue weighted by atomic mass is 19.4. The Kier molecular flexibility index (Phi) is 8.49. The molecule has 2 aliphatic heterocycles. The van der Waals surface area contributed by atoms with E-state index in [1.807, 2.05) is 6.92 Å². The molecule has 1 N–H and O–H groups in total. The van der Waals surface area contributed by atoms with Gasteiger partial charge in [-0.3, -0.25) is 4.79 Å². The highest BCUT2D eigenvalue weighted by Gasteiger charge is 2.42. The van der Waals surface area contributed by atoms with Gasteiger partial charge in [-0.2, -0.15) is 13.2 Å². The summed E-state index contributed by atoms with van der Waals surface area (Å²) in [7, 11) is 0. The Morgan fingerprint density at radius 1 is 1.17 bits per heavy atom. The van der Waals surface area contributed by atoms with Crippen LogP contribution >= 0.6 is 0 Å². The van der Waals surface area contributed by atoms with Crippen LogP contribution in [0.1, 0.15) is 67.9 Å². The topological polar surface area (TPSA) is 85.8 Å². The fraction of sp³-hybridized carbons (Fsp3) is 0.792. The van der Waals surface area contributed by atoms with Gasteiger partial charge in [0.2, 0.25) is 5.95 Å². The van der Waals surface area contributed by atoms with Crippen LogP contribution in [0.3, 0.4) is 0 Å². The number of ether oxygens (including phenoxy) is 3. The van der Waals surface area contributed by atoms with Crippen LogP contribution in [0.5, 0.6) is 0 Å². The highest BCUT2D eigenvalue weighted by molar-refractivity contribution is 5.95. The molecule has 3 aliphatic rings. The zero-order valence-electron chi connectivity index (χ0n) is 20.2. The number of unbranched alkanes of at least 4 members (excludes halogenated alkanes) is 1. The van der Waals surface area contributed by atoms with Gasteiger partial charge in [-0.25, -0.2) is 9.97 Å². The van der Waals surface area contributed by atoms with E-state index in [0.717, 1.165) is 38.3 Å². The molecule has 0 aromatic carbocycles. The second-order valence-electron chi connectivity index (χ2n) is 9.72. The average Bonchev–Trinajstić information content (AvgIpc) is 3.31. The molecule has 11 heteroatoms. The van der Waals surface area contributed by atoms with Gasteiger partial charge >= 0.3 is 6.18 Å². The molecule has 4 rings (SSSR count). The molecule has 0 spiro atoms. The Morgan fingerprint density at radius 3 is 2.63 bits per heavy atom. The number of rotatable bonds is 8. The molecule has 0 bridgehead atoms. The monoisotopic (exact) mass is 500 g/mol. The van der Waals surface area contributed by atoms with Gasteiger partial charge in [0.15, 0.2) is 11.5 Å². The summed E-state index contributed by atoms with van der Waals surface area (Å²) in [6.07, 6.45) is 3.61. The van der Waals surface area contributed by atoms with Crippen LogP contribution in [0.4, 0.5) is 19.1 Å². The van der Waals surface area contributed by atoms with E-state index in [4.69, 9.17) is 14.2 Å². The summed E-state index contributed by atoms with van der Waals surface area (Å²) in [5.74, 6) is -0.271. The lowest BCUT2D eigenvalue weighted by Gasteiger charge is -2.38. The van der Waals surface area contributed by atoms with Gasteiger partial charge in [-0.1, -0.05) is 25.7 Å². The number of amides is 1. The normalized spacial score (nSPS) is 25.0. The van der Waals surface area contributed by atoms with Crippen molar-refractivity contribution in [1.82, 2.24) is 14.9 Å². The van der Waals surface area contributed by atoms with Crippen molar-refractivity contribution < 1.29 is 32.2 Å². The summed E-state index contributed by atoms with van der Waals surface area (Å²) in [6.45, 7) is 4.92. The number of halogens is 3. The maximum atomic E-state index is 13.6. The zero-order chi connectivity index (χ0) is 24.9. The molecule has 196 valence electrons. The Morgan fingerprint density at radius 2 is 1.91 bits per heavy atom. The molecule has 8 nitrogen and oxygen atoms in total. The molecule has 1 aliphatic carbocycles. The number of morpholine rings is 1. The largest absolute Gasteiger partial charge is 0.434 e. The molecule has 3 heterocycles. The van der Waals surface area contributed by atoms with Crippen molar-refractivity contribution in [3.05, 3.63) is 17.5 Å². The van der Waals surface area contributed by atoms with E-state index in [1.54, 1.807) is 0 Å². The van der Waals surface area contributed by atoms with Crippen molar-refractivity contribution in [3.63, 3.8) is 0 Å². The van der Waals surface area contributed by atoms with Gasteiger partial charge in [0.1, 0.15) is 0 Å². The lowest BCUT2D eigenvalue weighted by atomic mass is 9.76. The number of hydrogen-bond donors (Lipinski definition) is 1. The number of carbonyl (C=O) groups excluding carboxylic acids is 1. The van der Waals surface area contributed by atoms with Crippen molar-refractivity contribution >= 4 is 11.9 Å².